The molecule has 2 heterocycles. The predicted molar refractivity (Wildman–Crippen MR) is 65.3 cm³/mol. The van der Waals surface area contributed by atoms with Crippen LogP contribution in [0.15, 0.2) is 10.8 Å². The zero-order valence-corrected chi connectivity index (χ0v) is 10.2. The number of rotatable bonds is 2. The summed E-state index contributed by atoms with van der Waals surface area (Å²) in [5, 5.41) is 9.05. The van der Waals surface area contributed by atoms with Gasteiger partial charge in [-0.05, 0) is 6.42 Å². The van der Waals surface area contributed by atoms with Crippen molar-refractivity contribution in [1.29, 1.82) is 0 Å². The normalized spacial score (nSPS) is 10.9. The van der Waals surface area contributed by atoms with Gasteiger partial charge in [0, 0.05) is 28.9 Å². The molecule has 2 aromatic heterocycles. The van der Waals surface area contributed by atoms with E-state index >= 15 is 0 Å². The van der Waals surface area contributed by atoms with Gasteiger partial charge in [-0.3, -0.25) is 4.68 Å². The van der Waals surface area contributed by atoms with Crippen LogP contribution in [0.1, 0.15) is 12.5 Å². The zero-order valence-electron chi connectivity index (χ0n) is 8.62. The van der Waals surface area contributed by atoms with E-state index in [-0.39, 0.29) is 0 Å². The molecule has 0 unspecified atom stereocenters. The first-order valence-corrected chi connectivity index (χ1v) is 6.00. The van der Waals surface area contributed by atoms with E-state index in [1.54, 1.807) is 16.0 Å². The average molecular weight is 242 g/mol. The lowest BCUT2D eigenvalue weighted by molar-refractivity contribution is 0.782. The van der Waals surface area contributed by atoms with Gasteiger partial charge in [0.2, 0.25) is 0 Å². The largest absolute Gasteiger partial charge is 0.384 e. The molecule has 2 aromatic rings. The van der Waals surface area contributed by atoms with Crippen molar-refractivity contribution in [2.24, 2.45) is 7.05 Å². The molecule has 0 radical (unpaired) electrons. The molecule has 0 aliphatic heterocycles. The van der Waals surface area contributed by atoms with E-state index in [1.165, 1.54) is 0 Å². The minimum Gasteiger partial charge on any atom is -0.384 e. The van der Waals surface area contributed by atoms with E-state index in [0.29, 0.717) is 0 Å². The number of nitrogens with two attached hydrogens (primary N) is 1. The number of aryl methyl sites for hydroxylation is 1. The third kappa shape index (κ3) is 1.64. The summed E-state index contributed by atoms with van der Waals surface area (Å²) in [6, 6.07) is 0. The molecule has 15 heavy (non-hydrogen) atoms. The fraction of sp³-hybridized carbons (Fsp3) is 0.300. The van der Waals surface area contributed by atoms with Gasteiger partial charge in [0.1, 0.15) is 5.82 Å². The molecule has 5 heteroatoms. The summed E-state index contributed by atoms with van der Waals surface area (Å²) < 4.78 is 1.70. The second-order valence-corrected chi connectivity index (χ2v) is 4.47. The summed E-state index contributed by atoms with van der Waals surface area (Å²) >= 11 is 7.66. The van der Waals surface area contributed by atoms with Crippen LogP contribution in [-0.4, -0.2) is 9.78 Å². The predicted octanol–water partition coefficient (Wildman–Crippen LogP) is 2.95. The summed E-state index contributed by atoms with van der Waals surface area (Å²) in [6.45, 7) is 2.07. The van der Waals surface area contributed by atoms with Gasteiger partial charge in [-0.2, -0.15) is 16.4 Å². The van der Waals surface area contributed by atoms with Gasteiger partial charge in [0.05, 0.1) is 10.7 Å². The molecule has 0 bridgehead atoms. The molecule has 2 rings (SSSR count). The maximum Gasteiger partial charge on any atom is 0.125 e. The Morgan fingerprint density at radius 2 is 2.27 bits per heavy atom. The van der Waals surface area contributed by atoms with Crippen LogP contribution in [0.5, 0.6) is 0 Å². The maximum absolute atomic E-state index is 6.09. The summed E-state index contributed by atoms with van der Waals surface area (Å²) in [5.41, 5.74) is 8.88. The Kier molecular flexibility index (Phi) is 2.71. The van der Waals surface area contributed by atoms with E-state index in [4.69, 9.17) is 17.3 Å². The van der Waals surface area contributed by atoms with Crippen molar-refractivity contribution in [1.82, 2.24) is 9.78 Å². The maximum atomic E-state index is 6.09. The number of thiophene rings is 1. The molecule has 0 aromatic carbocycles. The van der Waals surface area contributed by atoms with E-state index in [1.807, 2.05) is 17.8 Å². The molecular weight excluding hydrogens is 230 g/mol. The molecule has 0 fully saturated rings. The molecule has 80 valence electrons. The highest BCUT2D eigenvalue weighted by atomic mass is 35.5. The summed E-state index contributed by atoms with van der Waals surface area (Å²) in [7, 11) is 1.85. The fourth-order valence-corrected chi connectivity index (χ4v) is 2.65. The van der Waals surface area contributed by atoms with Crippen molar-refractivity contribution in [2.75, 3.05) is 5.73 Å². The minimum atomic E-state index is 0.717. The first-order chi connectivity index (χ1) is 7.15. The lowest BCUT2D eigenvalue weighted by atomic mass is 10.1. The zero-order chi connectivity index (χ0) is 11.0. The third-order valence-corrected chi connectivity index (χ3v) is 3.60. The minimum absolute atomic E-state index is 0.717. The fourth-order valence-electron chi connectivity index (χ4n) is 1.60. The topological polar surface area (TPSA) is 43.8 Å². The summed E-state index contributed by atoms with van der Waals surface area (Å²) in [5.74, 6) is 0.717. The summed E-state index contributed by atoms with van der Waals surface area (Å²) in [4.78, 5) is 0. The van der Waals surface area contributed by atoms with Crippen molar-refractivity contribution >= 4 is 28.8 Å². The van der Waals surface area contributed by atoms with E-state index in [0.717, 1.165) is 34.1 Å². The van der Waals surface area contributed by atoms with Crippen LogP contribution in [0, 0.1) is 0 Å². The highest BCUT2D eigenvalue weighted by molar-refractivity contribution is 7.09. The number of hydrogen-bond acceptors (Lipinski definition) is 3. The molecule has 0 aliphatic rings. The highest BCUT2D eigenvalue weighted by Gasteiger charge is 2.16. The molecule has 0 saturated carbocycles. The van der Waals surface area contributed by atoms with Crippen LogP contribution in [-0.2, 0) is 13.5 Å². The Balaban J connectivity index is 2.63. The van der Waals surface area contributed by atoms with Crippen LogP contribution < -0.4 is 5.73 Å². The molecule has 0 spiro atoms. The van der Waals surface area contributed by atoms with Crippen molar-refractivity contribution in [3.63, 3.8) is 0 Å². The van der Waals surface area contributed by atoms with Crippen molar-refractivity contribution in [3.8, 4) is 11.3 Å². The van der Waals surface area contributed by atoms with Crippen molar-refractivity contribution < 1.29 is 0 Å². The van der Waals surface area contributed by atoms with Gasteiger partial charge in [-0.15, -0.1) is 0 Å². The quantitative estimate of drug-likeness (QED) is 0.879. The van der Waals surface area contributed by atoms with Gasteiger partial charge in [-0.1, -0.05) is 18.5 Å². The van der Waals surface area contributed by atoms with Crippen molar-refractivity contribution in [2.45, 2.75) is 13.3 Å². The number of nitrogens with zero attached hydrogens (tertiary/aromatic N) is 2. The number of hydrogen-bond donors (Lipinski definition) is 1. The smallest absolute Gasteiger partial charge is 0.125 e. The van der Waals surface area contributed by atoms with E-state index in [2.05, 4.69) is 12.0 Å². The third-order valence-electron chi connectivity index (χ3n) is 2.42. The highest BCUT2D eigenvalue weighted by Crippen LogP contribution is 2.34. The Hall–Kier alpha value is -1.00. The van der Waals surface area contributed by atoms with Gasteiger partial charge in [0.15, 0.2) is 0 Å². The first-order valence-electron chi connectivity index (χ1n) is 4.68. The molecule has 0 atom stereocenters. The first kappa shape index (κ1) is 10.5. The molecule has 0 saturated heterocycles. The molecule has 0 aliphatic carbocycles. The van der Waals surface area contributed by atoms with E-state index in [9.17, 15) is 0 Å². The SMILES string of the molecule is CCc1c(-c2cscc2Cl)nn(C)c1N. The van der Waals surface area contributed by atoms with Crippen LogP contribution in [0.25, 0.3) is 11.3 Å². The molecule has 2 N–H and O–H groups in total. The van der Waals surface area contributed by atoms with Gasteiger partial charge in [-0.25, -0.2) is 0 Å². The van der Waals surface area contributed by atoms with E-state index < -0.39 is 0 Å². The Bertz CT molecular complexity index is 487. The van der Waals surface area contributed by atoms with Crippen LogP contribution in [0.4, 0.5) is 5.82 Å². The van der Waals surface area contributed by atoms with Crippen LogP contribution >= 0.6 is 22.9 Å². The van der Waals surface area contributed by atoms with Crippen LogP contribution in [0.2, 0.25) is 5.02 Å². The van der Waals surface area contributed by atoms with Crippen LogP contribution in [0.3, 0.4) is 0 Å². The second-order valence-electron chi connectivity index (χ2n) is 3.32. The standard InChI is InChI=1S/C10H12ClN3S/c1-3-6-9(13-14(2)10(6)12)7-4-15-5-8(7)11/h4-5H,3,12H2,1-2H3. The molecule has 3 nitrogen and oxygen atoms in total. The average Bonchev–Trinajstić information content (AvgIpc) is 2.73. The summed E-state index contributed by atoms with van der Waals surface area (Å²) in [6.07, 6.45) is 0.862. The lowest BCUT2D eigenvalue weighted by Gasteiger charge is -1.98. The Morgan fingerprint density at radius 3 is 2.80 bits per heavy atom. The van der Waals surface area contributed by atoms with Gasteiger partial charge >= 0.3 is 0 Å². The number of halogens is 1. The molecular formula is C10H12ClN3S. The number of anilines is 1. The van der Waals surface area contributed by atoms with Gasteiger partial charge < -0.3 is 5.73 Å². The lowest BCUT2D eigenvalue weighted by Crippen LogP contribution is -1.98. The molecule has 0 amide bonds. The monoisotopic (exact) mass is 241 g/mol. The second kappa shape index (κ2) is 3.87. The van der Waals surface area contributed by atoms with Gasteiger partial charge in [0.25, 0.3) is 0 Å². The Labute approximate surface area is 97.5 Å². The number of nitrogen functional groups attached to an aromatic ring is 1. The van der Waals surface area contributed by atoms with Crippen molar-refractivity contribution in [3.05, 3.63) is 21.3 Å². The number of aromatic nitrogens is 2. The Morgan fingerprint density at radius 1 is 1.53 bits per heavy atom.